The Morgan fingerprint density at radius 3 is 2.91 bits per heavy atom. The summed E-state index contributed by atoms with van der Waals surface area (Å²) in [6.07, 6.45) is 9.79. The molecular formula is C25H21N7O. The van der Waals surface area contributed by atoms with Gasteiger partial charge in [-0.25, -0.2) is 4.98 Å². The van der Waals surface area contributed by atoms with Crippen LogP contribution in [0.15, 0.2) is 73.3 Å². The summed E-state index contributed by atoms with van der Waals surface area (Å²) in [5.74, 6) is 0.0118. The lowest BCUT2D eigenvalue weighted by molar-refractivity contribution is 0.0772. The van der Waals surface area contributed by atoms with Crippen LogP contribution < -0.4 is 5.32 Å². The number of aromatic nitrogens is 5. The maximum Gasteiger partial charge on any atom is 0.255 e. The Hall–Kier alpha value is -4.46. The summed E-state index contributed by atoms with van der Waals surface area (Å²) in [4.78, 5) is 26.6. The second kappa shape index (κ2) is 7.90. The summed E-state index contributed by atoms with van der Waals surface area (Å²) >= 11 is 0. The monoisotopic (exact) mass is 435 g/mol. The van der Waals surface area contributed by atoms with Gasteiger partial charge in [-0.2, -0.15) is 5.10 Å². The molecule has 33 heavy (non-hydrogen) atoms. The maximum atomic E-state index is 12.7. The first-order valence-corrected chi connectivity index (χ1v) is 10.8. The van der Waals surface area contributed by atoms with Gasteiger partial charge in [-0.1, -0.05) is 6.08 Å². The summed E-state index contributed by atoms with van der Waals surface area (Å²) in [6, 6.07) is 13.8. The third-order valence-electron chi connectivity index (χ3n) is 6.00. The molecule has 8 nitrogen and oxygen atoms in total. The minimum Gasteiger partial charge on any atom is -0.355 e. The van der Waals surface area contributed by atoms with Crippen LogP contribution in [0.25, 0.3) is 27.5 Å². The van der Waals surface area contributed by atoms with Gasteiger partial charge in [0.1, 0.15) is 5.65 Å². The molecule has 6 rings (SSSR count). The number of nitrogens with one attached hydrogen (secondary N) is 3. The van der Waals surface area contributed by atoms with Gasteiger partial charge in [0.15, 0.2) is 0 Å². The molecule has 3 N–H and O–H groups in total. The van der Waals surface area contributed by atoms with Crippen molar-refractivity contribution in [1.29, 1.82) is 0 Å². The molecule has 8 heteroatoms. The molecule has 0 atom stereocenters. The normalized spacial score (nSPS) is 13.9. The SMILES string of the molecule is O=C(c1cccnc1)N1CC=C(c2cc3c(Nc4ccc5[nH]ncc5c4)ccnc3[nH]2)CC1. The zero-order chi connectivity index (χ0) is 22.2. The van der Waals surface area contributed by atoms with Gasteiger partial charge in [-0.3, -0.25) is 14.9 Å². The average molecular weight is 435 g/mol. The van der Waals surface area contributed by atoms with Crippen LogP contribution in [0.1, 0.15) is 22.5 Å². The zero-order valence-corrected chi connectivity index (χ0v) is 17.7. The predicted octanol–water partition coefficient (Wildman–Crippen LogP) is 4.51. The van der Waals surface area contributed by atoms with E-state index < -0.39 is 0 Å². The van der Waals surface area contributed by atoms with Crippen molar-refractivity contribution in [3.8, 4) is 0 Å². The van der Waals surface area contributed by atoms with Crippen LogP contribution in [0.2, 0.25) is 0 Å². The number of H-pyrrole nitrogens is 2. The topological polar surface area (TPSA) is 103 Å². The Morgan fingerprint density at radius 2 is 2.06 bits per heavy atom. The van der Waals surface area contributed by atoms with E-state index in [4.69, 9.17) is 0 Å². The molecule has 0 fully saturated rings. The summed E-state index contributed by atoms with van der Waals surface area (Å²) in [7, 11) is 0. The molecule has 1 aromatic carbocycles. The molecule has 1 aliphatic rings. The molecule has 0 saturated carbocycles. The van der Waals surface area contributed by atoms with Crippen LogP contribution in [-0.2, 0) is 0 Å². The van der Waals surface area contributed by atoms with E-state index in [0.29, 0.717) is 18.7 Å². The molecule has 0 spiro atoms. The molecule has 0 aliphatic carbocycles. The molecule has 162 valence electrons. The number of pyridine rings is 2. The number of benzene rings is 1. The van der Waals surface area contributed by atoms with Gasteiger partial charge in [0, 0.05) is 53.8 Å². The molecule has 0 saturated heterocycles. The van der Waals surface area contributed by atoms with Gasteiger partial charge in [-0.05, 0) is 54.5 Å². The van der Waals surface area contributed by atoms with Crippen LogP contribution in [0.3, 0.4) is 0 Å². The van der Waals surface area contributed by atoms with E-state index in [9.17, 15) is 4.79 Å². The number of amides is 1. The van der Waals surface area contributed by atoms with Crippen LogP contribution in [-0.4, -0.2) is 49.0 Å². The molecule has 1 aliphatic heterocycles. The van der Waals surface area contributed by atoms with E-state index >= 15 is 0 Å². The lowest BCUT2D eigenvalue weighted by Crippen LogP contribution is -2.34. The molecule has 1 amide bonds. The Labute approximate surface area is 189 Å². The number of carbonyl (C=O) groups is 1. The maximum absolute atomic E-state index is 12.7. The van der Waals surface area contributed by atoms with Crippen molar-refractivity contribution in [3.05, 3.63) is 84.6 Å². The zero-order valence-electron chi connectivity index (χ0n) is 17.7. The van der Waals surface area contributed by atoms with Crippen molar-refractivity contribution < 1.29 is 4.79 Å². The van der Waals surface area contributed by atoms with E-state index in [2.05, 4.69) is 48.7 Å². The summed E-state index contributed by atoms with van der Waals surface area (Å²) < 4.78 is 0. The van der Waals surface area contributed by atoms with E-state index in [-0.39, 0.29) is 5.91 Å². The van der Waals surface area contributed by atoms with E-state index in [1.807, 2.05) is 29.3 Å². The highest BCUT2D eigenvalue weighted by Crippen LogP contribution is 2.31. The first-order chi connectivity index (χ1) is 16.2. The number of carbonyl (C=O) groups excluding carboxylic acids is 1. The van der Waals surface area contributed by atoms with Crippen molar-refractivity contribution in [2.24, 2.45) is 0 Å². The Kier molecular flexibility index (Phi) is 4.61. The van der Waals surface area contributed by atoms with Crippen molar-refractivity contribution in [3.63, 3.8) is 0 Å². The summed E-state index contributed by atoms with van der Waals surface area (Å²) in [5, 5.41) is 12.6. The third kappa shape index (κ3) is 3.61. The van der Waals surface area contributed by atoms with Crippen LogP contribution >= 0.6 is 0 Å². The lowest BCUT2D eigenvalue weighted by atomic mass is 10.0. The van der Waals surface area contributed by atoms with E-state index in [0.717, 1.165) is 45.4 Å². The molecule has 0 unspecified atom stereocenters. The minimum absolute atomic E-state index is 0.0118. The fraction of sp³-hybridized carbons (Fsp3) is 0.120. The standard InChI is InChI=1S/C25H21N7O/c33-25(17-2-1-8-26-14-17)32-10-6-16(7-11-32)23-13-20-22(5-9-27-24(20)30-23)29-19-3-4-21-18(12-19)15-28-31-21/h1-6,8-9,12-15H,7,10-11H2,(H,28,31)(H2,27,29,30). The fourth-order valence-corrected chi connectivity index (χ4v) is 4.25. The number of nitrogens with zero attached hydrogens (tertiary/aromatic N) is 4. The molecule has 0 radical (unpaired) electrons. The minimum atomic E-state index is 0.0118. The Balaban J connectivity index is 1.24. The smallest absolute Gasteiger partial charge is 0.255 e. The van der Waals surface area contributed by atoms with Gasteiger partial charge in [-0.15, -0.1) is 0 Å². The van der Waals surface area contributed by atoms with Gasteiger partial charge in [0.25, 0.3) is 5.91 Å². The third-order valence-corrected chi connectivity index (χ3v) is 6.00. The lowest BCUT2D eigenvalue weighted by Gasteiger charge is -2.26. The average Bonchev–Trinajstić information content (AvgIpc) is 3.52. The molecule has 0 bridgehead atoms. The van der Waals surface area contributed by atoms with Crippen LogP contribution in [0.5, 0.6) is 0 Å². The predicted molar refractivity (Wildman–Crippen MR) is 128 cm³/mol. The van der Waals surface area contributed by atoms with E-state index in [1.54, 1.807) is 30.7 Å². The van der Waals surface area contributed by atoms with Crippen molar-refractivity contribution in [2.45, 2.75) is 6.42 Å². The number of fused-ring (bicyclic) bond motifs is 2. The first kappa shape index (κ1) is 19.2. The largest absolute Gasteiger partial charge is 0.355 e. The van der Waals surface area contributed by atoms with Crippen LogP contribution in [0, 0.1) is 0 Å². The summed E-state index contributed by atoms with van der Waals surface area (Å²) in [5.41, 5.74) is 6.64. The fourth-order valence-electron chi connectivity index (χ4n) is 4.25. The number of rotatable bonds is 4. The number of aromatic amines is 2. The van der Waals surface area contributed by atoms with Gasteiger partial charge < -0.3 is 15.2 Å². The first-order valence-electron chi connectivity index (χ1n) is 10.8. The summed E-state index contributed by atoms with van der Waals surface area (Å²) in [6.45, 7) is 1.24. The molecule has 5 heterocycles. The van der Waals surface area contributed by atoms with Crippen LogP contribution in [0.4, 0.5) is 11.4 Å². The van der Waals surface area contributed by atoms with Crippen molar-refractivity contribution in [1.82, 2.24) is 30.0 Å². The molecule has 4 aromatic heterocycles. The molecule has 5 aromatic rings. The highest BCUT2D eigenvalue weighted by Gasteiger charge is 2.20. The van der Waals surface area contributed by atoms with Gasteiger partial charge >= 0.3 is 0 Å². The Morgan fingerprint density at radius 1 is 1.09 bits per heavy atom. The van der Waals surface area contributed by atoms with Crippen molar-refractivity contribution in [2.75, 3.05) is 18.4 Å². The number of hydrogen-bond donors (Lipinski definition) is 3. The quantitative estimate of drug-likeness (QED) is 0.386. The molecular weight excluding hydrogens is 414 g/mol. The Bertz CT molecular complexity index is 1500. The van der Waals surface area contributed by atoms with Crippen molar-refractivity contribution >= 4 is 44.8 Å². The highest BCUT2D eigenvalue weighted by atomic mass is 16.2. The van der Waals surface area contributed by atoms with Gasteiger partial charge in [0.05, 0.1) is 23.0 Å². The van der Waals surface area contributed by atoms with Gasteiger partial charge in [0.2, 0.25) is 0 Å². The number of anilines is 2. The van der Waals surface area contributed by atoms with E-state index in [1.165, 1.54) is 5.57 Å². The second-order valence-electron chi connectivity index (χ2n) is 8.07. The number of hydrogen-bond acceptors (Lipinski definition) is 5. The highest BCUT2D eigenvalue weighted by molar-refractivity contribution is 5.96. The second-order valence-corrected chi connectivity index (χ2v) is 8.07.